The lowest BCUT2D eigenvalue weighted by molar-refractivity contribution is -0.0777. The van der Waals surface area contributed by atoms with E-state index in [1.54, 1.807) is 0 Å². The fourth-order valence-corrected chi connectivity index (χ4v) is 2.58. The Morgan fingerprint density at radius 3 is 2.80 bits per heavy atom. The second-order valence-corrected chi connectivity index (χ2v) is 5.16. The molecule has 0 saturated carbocycles. The number of hydrogen-bond donors (Lipinski definition) is 4. The van der Waals surface area contributed by atoms with E-state index < -0.39 is 30.6 Å². The van der Waals surface area contributed by atoms with Gasteiger partial charge in [-0.3, -0.25) is 4.57 Å². The Hall–Kier alpha value is -1.39. The van der Waals surface area contributed by atoms with Crippen LogP contribution in [0, 0.1) is 4.64 Å². The van der Waals surface area contributed by atoms with Crippen LogP contribution in [0.4, 0.5) is 0 Å². The fourth-order valence-electron chi connectivity index (χ4n) is 2.38. The Labute approximate surface area is 118 Å². The summed E-state index contributed by atoms with van der Waals surface area (Å²) in [6.07, 6.45) is -2.11. The number of aromatic amines is 1. The molecule has 0 radical (unpaired) electrons. The normalized spacial score (nSPS) is 31.8. The van der Waals surface area contributed by atoms with E-state index >= 15 is 0 Å². The van der Waals surface area contributed by atoms with E-state index in [1.165, 1.54) is 24.1 Å². The number of rotatable bonds is 2. The van der Waals surface area contributed by atoms with Crippen LogP contribution in [0.15, 0.2) is 12.7 Å². The first-order chi connectivity index (χ1) is 9.50. The number of aliphatic hydroxyl groups excluding tert-OH is 3. The number of fused-ring (bicyclic) bond motifs is 1. The topological polar surface area (TPSA) is 116 Å². The smallest absolute Gasteiger partial charge is 0.165 e. The minimum absolute atomic E-state index is 0.331. The van der Waals surface area contributed by atoms with Crippen molar-refractivity contribution in [3.63, 3.8) is 0 Å². The quantitative estimate of drug-likeness (QED) is 0.552. The zero-order chi connectivity index (χ0) is 14.4. The summed E-state index contributed by atoms with van der Waals surface area (Å²) in [7, 11) is 0. The first-order valence-electron chi connectivity index (χ1n) is 6.10. The highest BCUT2D eigenvalue weighted by Crippen LogP contribution is 2.32. The van der Waals surface area contributed by atoms with Gasteiger partial charge in [0, 0.05) is 0 Å². The lowest BCUT2D eigenvalue weighted by atomic mass is 10.1. The van der Waals surface area contributed by atoms with Crippen molar-refractivity contribution >= 4 is 23.4 Å². The maximum absolute atomic E-state index is 10.1. The highest BCUT2D eigenvalue weighted by atomic mass is 32.1. The number of H-pyrrole nitrogens is 1. The number of nitrogens with one attached hydrogen (secondary N) is 1. The SMILES string of the molecule is C[C@H](O)[C@H]1O[C@@H](n2cnc3c(=S)nc[nH]c32)[C@H](O)[C@@H]1O. The molecule has 3 heterocycles. The molecule has 20 heavy (non-hydrogen) atoms. The molecule has 0 unspecified atom stereocenters. The lowest BCUT2D eigenvalue weighted by Crippen LogP contribution is -2.37. The summed E-state index contributed by atoms with van der Waals surface area (Å²) in [5.41, 5.74) is 1.01. The third-order valence-corrected chi connectivity index (χ3v) is 3.70. The molecule has 0 spiro atoms. The predicted molar refractivity (Wildman–Crippen MR) is 70.3 cm³/mol. The first-order valence-corrected chi connectivity index (χ1v) is 6.51. The van der Waals surface area contributed by atoms with E-state index in [9.17, 15) is 15.3 Å². The van der Waals surface area contributed by atoms with Gasteiger partial charge in [-0.05, 0) is 6.92 Å². The summed E-state index contributed by atoms with van der Waals surface area (Å²) >= 11 is 5.06. The maximum atomic E-state index is 10.1. The highest BCUT2D eigenvalue weighted by Gasteiger charge is 2.46. The third-order valence-electron chi connectivity index (χ3n) is 3.40. The van der Waals surface area contributed by atoms with Crippen LogP contribution in [0.1, 0.15) is 13.2 Å². The van der Waals surface area contributed by atoms with Gasteiger partial charge in [0.25, 0.3) is 0 Å². The third kappa shape index (κ3) is 1.95. The average Bonchev–Trinajstić information content (AvgIpc) is 2.94. The van der Waals surface area contributed by atoms with E-state index in [0.29, 0.717) is 15.8 Å². The second kappa shape index (κ2) is 4.86. The van der Waals surface area contributed by atoms with Crippen LogP contribution in [0.3, 0.4) is 0 Å². The van der Waals surface area contributed by atoms with Gasteiger partial charge in [-0.15, -0.1) is 0 Å². The van der Waals surface area contributed by atoms with Crippen LogP contribution in [0.5, 0.6) is 0 Å². The van der Waals surface area contributed by atoms with Gasteiger partial charge >= 0.3 is 0 Å². The Morgan fingerprint density at radius 1 is 1.40 bits per heavy atom. The number of imidazole rings is 1. The fraction of sp³-hybridized carbons (Fsp3) is 0.545. The summed E-state index contributed by atoms with van der Waals surface area (Å²) < 4.78 is 7.40. The molecule has 0 aromatic carbocycles. The van der Waals surface area contributed by atoms with Crippen molar-refractivity contribution in [2.24, 2.45) is 0 Å². The van der Waals surface area contributed by atoms with E-state index in [1.807, 2.05) is 0 Å². The number of nitrogens with zero attached hydrogens (tertiary/aromatic N) is 3. The van der Waals surface area contributed by atoms with Crippen LogP contribution in [0.25, 0.3) is 11.2 Å². The monoisotopic (exact) mass is 298 g/mol. The standard InChI is InChI=1S/C11H14N4O4S/c1-4(16)8-6(17)7(18)11(19-8)15-3-14-5-9(15)12-2-13-10(5)20/h2-4,6-8,11,16-18H,1H3,(H,12,13,20)/t4-,6-,7+,8+,11+/m0/s1. The number of hydrogen-bond acceptors (Lipinski definition) is 7. The van der Waals surface area contributed by atoms with Gasteiger partial charge in [0.2, 0.25) is 0 Å². The summed E-state index contributed by atoms with van der Waals surface area (Å²) in [5, 5.41) is 29.6. The maximum Gasteiger partial charge on any atom is 0.165 e. The molecule has 0 aliphatic carbocycles. The van der Waals surface area contributed by atoms with Crippen LogP contribution >= 0.6 is 12.2 Å². The van der Waals surface area contributed by atoms with Gasteiger partial charge < -0.3 is 25.0 Å². The molecule has 9 heteroatoms. The van der Waals surface area contributed by atoms with Crippen molar-refractivity contribution in [1.82, 2.24) is 19.5 Å². The van der Waals surface area contributed by atoms with Crippen LogP contribution < -0.4 is 0 Å². The Morgan fingerprint density at radius 2 is 2.15 bits per heavy atom. The Kier molecular flexibility index (Phi) is 3.30. The van der Waals surface area contributed by atoms with Gasteiger partial charge in [0.1, 0.15) is 29.5 Å². The van der Waals surface area contributed by atoms with Crippen molar-refractivity contribution in [2.75, 3.05) is 0 Å². The van der Waals surface area contributed by atoms with Gasteiger partial charge in [-0.1, -0.05) is 12.2 Å². The van der Waals surface area contributed by atoms with Crippen molar-refractivity contribution in [1.29, 1.82) is 0 Å². The van der Waals surface area contributed by atoms with E-state index in [4.69, 9.17) is 17.0 Å². The molecule has 2 aromatic heterocycles. The molecule has 2 aromatic rings. The average molecular weight is 298 g/mol. The summed E-state index contributed by atoms with van der Waals surface area (Å²) in [5.74, 6) is 0. The highest BCUT2D eigenvalue weighted by molar-refractivity contribution is 7.71. The molecule has 0 bridgehead atoms. The van der Waals surface area contributed by atoms with Gasteiger partial charge in [0.15, 0.2) is 10.9 Å². The van der Waals surface area contributed by atoms with Crippen molar-refractivity contribution in [3.05, 3.63) is 17.3 Å². The van der Waals surface area contributed by atoms with E-state index in [2.05, 4.69) is 15.0 Å². The minimum Gasteiger partial charge on any atom is -0.391 e. The Bertz CT molecular complexity index is 684. The molecular formula is C11H14N4O4S. The number of ether oxygens (including phenoxy) is 1. The van der Waals surface area contributed by atoms with Crippen molar-refractivity contribution in [3.8, 4) is 0 Å². The van der Waals surface area contributed by atoms with E-state index in [0.717, 1.165) is 0 Å². The molecule has 1 aliphatic rings. The largest absolute Gasteiger partial charge is 0.391 e. The summed E-state index contributed by atoms with van der Waals surface area (Å²) in [4.78, 5) is 10.9. The number of aliphatic hydroxyl groups is 3. The molecule has 5 atom stereocenters. The van der Waals surface area contributed by atoms with Gasteiger partial charge in [-0.25, -0.2) is 9.97 Å². The lowest BCUT2D eigenvalue weighted by Gasteiger charge is -2.17. The van der Waals surface area contributed by atoms with Crippen LogP contribution in [-0.2, 0) is 4.74 Å². The van der Waals surface area contributed by atoms with Gasteiger partial charge in [-0.2, -0.15) is 0 Å². The molecule has 4 N–H and O–H groups in total. The molecule has 1 fully saturated rings. The second-order valence-electron chi connectivity index (χ2n) is 4.77. The van der Waals surface area contributed by atoms with Crippen LogP contribution in [-0.4, -0.2) is 59.3 Å². The molecule has 1 aliphatic heterocycles. The zero-order valence-corrected chi connectivity index (χ0v) is 11.4. The van der Waals surface area contributed by atoms with Crippen molar-refractivity contribution in [2.45, 2.75) is 37.6 Å². The molecule has 3 rings (SSSR count). The molecule has 0 amide bonds. The first kappa shape index (κ1) is 13.6. The molecular weight excluding hydrogens is 284 g/mol. The minimum atomic E-state index is -1.18. The molecule has 8 nitrogen and oxygen atoms in total. The molecule has 1 saturated heterocycles. The van der Waals surface area contributed by atoms with Crippen LogP contribution in [0.2, 0.25) is 0 Å². The molecule has 108 valence electrons. The van der Waals surface area contributed by atoms with Gasteiger partial charge in [0.05, 0.1) is 18.8 Å². The predicted octanol–water partition coefficient (Wildman–Crippen LogP) is -0.511. The Balaban J connectivity index is 2.04. The van der Waals surface area contributed by atoms with E-state index in [-0.39, 0.29) is 0 Å². The number of aromatic nitrogens is 4. The zero-order valence-electron chi connectivity index (χ0n) is 10.5. The summed E-state index contributed by atoms with van der Waals surface area (Å²) in [6.45, 7) is 1.49. The van der Waals surface area contributed by atoms with Crippen molar-refractivity contribution < 1.29 is 20.1 Å². The summed E-state index contributed by atoms with van der Waals surface area (Å²) in [6, 6.07) is 0.